The van der Waals surface area contributed by atoms with E-state index < -0.39 is 10.0 Å². The first-order valence-electron chi connectivity index (χ1n) is 11.6. The fourth-order valence-electron chi connectivity index (χ4n) is 3.73. The zero-order valence-electron chi connectivity index (χ0n) is 20.1. The van der Waals surface area contributed by atoms with Crippen LogP contribution < -0.4 is 14.4 Å². The zero-order chi connectivity index (χ0) is 25.4. The van der Waals surface area contributed by atoms with Crippen LogP contribution in [0.1, 0.15) is 38.8 Å². The van der Waals surface area contributed by atoms with Crippen LogP contribution in [-0.4, -0.2) is 27.5 Å². The van der Waals surface area contributed by atoms with E-state index in [-0.39, 0.29) is 23.4 Å². The number of ether oxygens (including phenoxy) is 1. The van der Waals surface area contributed by atoms with Crippen molar-refractivity contribution in [2.45, 2.75) is 38.1 Å². The molecule has 3 rings (SSSR count). The smallest absolute Gasteiger partial charge is 0.264 e. The highest BCUT2D eigenvalue weighted by Gasteiger charge is 2.28. The van der Waals surface area contributed by atoms with E-state index in [1.54, 1.807) is 36.4 Å². The highest BCUT2D eigenvalue weighted by atomic mass is 79.9. The molecule has 3 aromatic rings. The molecule has 1 amide bonds. The number of hydrogen-bond acceptors (Lipinski definition) is 4. The molecule has 0 aliphatic carbocycles. The van der Waals surface area contributed by atoms with E-state index in [1.165, 1.54) is 12.1 Å². The van der Waals surface area contributed by atoms with E-state index in [2.05, 4.69) is 35.1 Å². The van der Waals surface area contributed by atoms with Crippen molar-refractivity contribution in [3.8, 4) is 5.75 Å². The van der Waals surface area contributed by atoms with Crippen molar-refractivity contribution in [1.29, 1.82) is 0 Å². The fourth-order valence-corrected chi connectivity index (χ4v) is 5.41. The van der Waals surface area contributed by atoms with E-state index in [1.807, 2.05) is 37.3 Å². The Kier molecular flexibility index (Phi) is 9.34. The molecule has 0 radical (unpaired) electrons. The van der Waals surface area contributed by atoms with E-state index in [0.29, 0.717) is 24.0 Å². The SMILES string of the molecule is CCOc1ccc(N(CC(=O)NC(CC(C)C)c2ccccc2)S(=O)(=O)c2ccc(Br)cc2)cc1. The minimum atomic E-state index is -4.00. The Labute approximate surface area is 216 Å². The highest BCUT2D eigenvalue weighted by Crippen LogP contribution is 2.27. The third kappa shape index (κ3) is 7.32. The third-order valence-corrected chi connectivity index (χ3v) is 7.69. The number of amides is 1. The van der Waals surface area contributed by atoms with Crippen LogP contribution in [0.3, 0.4) is 0 Å². The molecular formula is C27H31BrN2O4S. The zero-order valence-corrected chi connectivity index (χ0v) is 22.6. The number of nitrogens with one attached hydrogen (secondary N) is 1. The van der Waals surface area contributed by atoms with Crippen molar-refractivity contribution < 1.29 is 17.9 Å². The molecule has 1 atom stereocenters. The summed E-state index contributed by atoms with van der Waals surface area (Å²) in [6.07, 6.45) is 0.734. The number of halogens is 1. The van der Waals surface area contributed by atoms with Crippen LogP contribution >= 0.6 is 15.9 Å². The molecule has 0 saturated carbocycles. The summed E-state index contributed by atoms with van der Waals surface area (Å²) in [6, 6.07) is 22.6. The maximum atomic E-state index is 13.6. The second kappa shape index (κ2) is 12.2. The van der Waals surface area contributed by atoms with Crippen LogP contribution in [0.15, 0.2) is 88.2 Å². The summed E-state index contributed by atoms with van der Waals surface area (Å²) in [5.41, 5.74) is 1.37. The van der Waals surface area contributed by atoms with Gasteiger partial charge >= 0.3 is 0 Å². The largest absolute Gasteiger partial charge is 0.494 e. The van der Waals surface area contributed by atoms with Crippen LogP contribution in [0, 0.1) is 5.92 Å². The molecule has 0 saturated heterocycles. The van der Waals surface area contributed by atoms with Gasteiger partial charge in [0.1, 0.15) is 12.3 Å². The van der Waals surface area contributed by atoms with Crippen LogP contribution in [0.4, 0.5) is 5.69 Å². The normalized spacial score (nSPS) is 12.3. The Hall–Kier alpha value is -2.84. The number of sulfonamides is 1. The van der Waals surface area contributed by atoms with Crippen LogP contribution in [0.25, 0.3) is 0 Å². The van der Waals surface area contributed by atoms with E-state index in [4.69, 9.17) is 4.74 Å². The molecule has 8 heteroatoms. The molecule has 6 nitrogen and oxygen atoms in total. The van der Waals surface area contributed by atoms with Crippen molar-refractivity contribution in [2.75, 3.05) is 17.5 Å². The molecule has 35 heavy (non-hydrogen) atoms. The van der Waals surface area contributed by atoms with Gasteiger partial charge in [-0.15, -0.1) is 0 Å². The maximum absolute atomic E-state index is 13.6. The second-order valence-electron chi connectivity index (χ2n) is 8.55. The fraction of sp³-hybridized carbons (Fsp3) is 0.296. The predicted molar refractivity (Wildman–Crippen MR) is 143 cm³/mol. The van der Waals surface area contributed by atoms with Gasteiger partial charge in [-0.25, -0.2) is 8.42 Å². The molecule has 0 heterocycles. The second-order valence-corrected chi connectivity index (χ2v) is 11.3. The average molecular weight is 560 g/mol. The molecule has 186 valence electrons. The number of hydrogen-bond donors (Lipinski definition) is 1. The standard InChI is InChI=1S/C27H31BrN2O4S/c1-4-34-24-14-12-23(13-15-24)30(35(32,33)25-16-10-22(28)11-17-25)19-27(31)29-26(18-20(2)3)21-8-6-5-7-9-21/h5-17,20,26H,4,18-19H2,1-3H3,(H,29,31). The topological polar surface area (TPSA) is 75.7 Å². The van der Waals surface area contributed by atoms with Crippen molar-refractivity contribution in [1.82, 2.24) is 5.32 Å². The quantitative estimate of drug-likeness (QED) is 0.315. The van der Waals surface area contributed by atoms with Crippen LogP contribution in [-0.2, 0) is 14.8 Å². The molecule has 0 aliphatic heterocycles. The molecule has 1 unspecified atom stereocenters. The first-order chi connectivity index (χ1) is 16.7. The highest BCUT2D eigenvalue weighted by molar-refractivity contribution is 9.10. The Balaban J connectivity index is 1.92. The Morgan fingerprint density at radius 2 is 1.60 bits per heavy atom. The molecular weight excluding hydrogens is 528 g/mol. The summed E-state index contributed by atoms with van der Waals surface area (Å²) < 4.78 is 34.6. The minimum Gasteiger partial charge on any atom is -0.494 e. The minimum absolute atomic E-state index is 0.101. The summed E-state index contributed by atoms with van der Waals surface area (Å²) in [5, 5.41) is 3.05. The number of anilines is 1. The predicted octanol–water partition coefficient (Wildman–Crippen LogP) is 5.95. The third-order valence-electron chi connectivity index (χ3n) is 5.37. The van der Waals surface area contributed by atoms with Gasteiger partial charge in [0, 0.05) is 4.47 Å². The van der Waals surface area contributed by atoms with Gasteiger partial charge in [-0.3, -0.25) is 9.10 Å². The lowest BCUT2D eigenvalue weighted by atomic mass is 9.97. The first-order valence-corrected chi connectivity index (χ1v) is 13.8. The molecule has 0 bridgehead atoms. The molecule has 3 aromatic carbocycles. The van der Waals surface area contributed by atoms with Crippen molar-refractivity contribution in [3.63, 3.8) is 0 Å². The summed E-state index contributed by atoms with van der Waals surface area (Å²) in [7, 11) is -4.00. The molecule has 0 aromatic heterocycles. The van der Waals surface area contributed by atoms with Gasteiger partial charge < -0.3 is 10.1 Å². The van der Waals surface area contributed by atoms with Gasteiger partial charge in [0.2, 0.25) is 5.91 Å². The average Bonchev–Trinajstić information content (AvgIpc) is 2.83. The Morgan fingerprint density at radius 1 is 0.971 bits per heavy atom. The summed E-state index contributed by atoms with van der Waals surface area (Å²) in [6.45, 7) is 6.20. The molecule has 0 aliphatic rings. The van der Waals surface area contributed by atoms with Gasteiger partial charge in [-0.1, -0.05) is 60.1 Å². The number of nitrogens with zero attached hydrogens (tertiary/aromatic N) is 1. The van der Waals surface area contributed by atoms with Gasteiger partial charge in [-0.05, 0) is 73.4 Å². The van der Waals surface area contributed by atoms with Gasteiger partial charge in [0.05, 0.1) is 23.2 Å². The monoisotopic (exact) mass is 558 g/mol. The number of carbonyl (C=O) groups is 1. The maximum Gasteiger partial charge on any atom is 0.264 e. The molecule has 0 spiro atoms. The number of carbonyl (C=O) groups excluding carboxylic acids is 1. The van der Waals surface area contributed by atoms with Crippen molar-refractivity contribution in [3.05, 3.63) is 88.9 Å². The lowest BCUT2D eigenvalue weighted by Crippen LogP contribution is -2.42. The van der Waals surface area contributed by atoms with Crippen molar-refractivity contribution >= 4 is 37.5 Å². The van der Waals surface area contributed by atoms with Gasteiger partial charge in [0.15, 0.2) is 0 Å². The molecule has 0 fully saturated rings. The van der Waals surface area contributed by atoms with Gasteiger partial charge in [0.25, 0.3) is 10.0 Å². The van der Waals surface area contributed by atoms with E-state index in [9.17, 15) is 13.2 Å². The lowest BCUT2D eigenvalue weighted by molar-refractivity contribution is -0.120. The Bertz CT molecular complexity index is 1200. The summed E-state index contributed by atoms with van der Waals surface area (Å²) in [4.78, 5) is 13.3. The number of benzene rings is 3. The Morgan fingerprint density at radius 3 is 2.17 bits per heavy atom. The van der Waals surface area contributed by atoms with Crippen LogP contribution in [0.2, 0.25) is 0 Å². The number of rotatable bonds is 11. The van der Waals surface area contributed by atoms with Crippen LogP contribution in [0.5, 0.6) is 5.75 Å². The molecule has 1 N–H and O–H groups in total. The first kappa shape index (κ1) is 26.8. The van der Waals surface area contributed by atoms with Crippen molar-refractivity contribution in [2.24, 2.45) is 5.92 Å². The summed E-state index contributed by atoms with van der Waals surface area (Å²) in [5.74, 6) is 0.589. The van der Waals surface area contributed by atoms with E-state index in [0.717, 1.165) is 20.8 Å². The van der Waals surface area contributed by atoms with E-state index >= 15 is 0 Å². The summed E-state index contributed by atoms with van der Waals surface area (Å²) >= 11 is 3.34. The van der Waals surface area contributed by atoms with Gasteiger partial charge in [-0.2, -0.15) is 0 Å². The lowest BCUT2D eigenvalue weighted by Gasteiger charge is -2.26.